The number of rotatable bonds is 3. The summed E-state index contributed by atoms with van der Waals surface area (Å²) < 4.78 is 40.1. The van der Waals surface area contributed by atoms with Crippen molar-refractivity contribution in [1.82, 2.24) is 19.9 Å². The van der Waals surface area contributed by atoms with E-state index in [0.717, 1.165) is 0 Å². The van der Waals surface area contributed by atoms with Gasteiger partial charge < -0.3 is 15.0 Å². The Morgan fingerprint density at radius 3 is 2.55 bits per heavy atom. The third kappa shape index (κ3) is 3.19. The number of imidazole rings is 1. The van der Waals surface area contributed by atoms with Crippen molar-refractivity contribution in [3.63, 3.8) is 0 Å². The molecule has 0 atom stereocenters. The maximum absolute atomic E-state index is 12.1. The maximum Gasteiger partial charge on any atom is 0.573 e. The standard InChI is InChI=1S/C12H7ClF3N5O/c13-11-20-9-8(17-5-18-9)10(21-11)19-6-1-3-7(4-2-6)22-12(14,15)16/h1-5H,(H2,17,18,19,20,21). The van der Waals surface area contributed by atoms with E-state index in [-0.39, 0.29) is 11.0 Å². The Morgan fingerprint density at radius 1 is 1.14 bits per heavy atom. The van der Waals surface area contributed by atoms with E-state index in [1.807, 2.05) is 0 Å². The molecular weight excluding hydrogens is 323 g/mol. The first-order valence-electron chi connectivity index (χ1n) is 5.90. The van der Waals surface area contributed by atoms with Gasteiger partial charge in [0, 0.05) is 5.69 Å². The van der Waals surface area contributed by atoms with E-state index in [1.54, 1.807) is 0 Å². The summed E-state index contributed by atoms with van der Waals surface area (Å²) in [5.74, 6) is 0.466. The molecule has 0 amide bonds. The summed E-state index contributed by atoms with van der Waals surface area (Å²) in [7, 11) is 0. The van der Waals surface area contributed by atoms with Gasteiger partial charge in [-0.3, -0.25) is 0 Å². The number of halogens is 4. The molecule has 2 aliphatic rings. The summed E-state index contributed by atoms with van der Waals surface area (Å²) >= 11 is 5.83. The number of anilines is 2. The summed E-state index contributed by atoms with van der Waals surface area (Å²) in [4.78, 5) is 14.7. The van der Waals surface area contributed by atoms with Gasteiger partial charge in [-0.25, -0.2) is 9.97 Å². The molecule has 2 aliphatic heterocycles. The van der Waals surface area contributed by atoms with Gasteiger partial charge in [-0.1, -0.05) is 0 Å². The van der Waals surface area contributed by atoms with Gasteiger partial charge in [0.15, 0.2) is 11.5 Å². The normalized spacial score (nSPS) is 11.6. The first-order valence-corrected chi connectivity index (χ1v) is 6.27. The second-order valence-corrected chi connectivity index (χ2v) is 4.50. The van der Waals surface area contributed by atoms with Crippen molar-refractivity contribution in [2.45, 2.75) is 6.36 Å². The highest BCUT2D eigenvalue weighted by molar-refractivity contribution is 6.28. The first-order chi connectivity index (χ1) is 10.4. The fourth-order valence-electron chi connectivity index (χ4n) is 1.78. The lowest BCUT2D eigenvalue weighted by Crippen LogP contribution is -2.17. The summed E-state index contributed by atoms with van der Waals surface area (Å²) in [6.07, 6.45) is -3.40. The Bertz CT molecular complexity index is 758. The van der Waals surface area contributed by atoms with Crippen LogP contribution in [0.15, 0.2) is 30.6 Å². The number of aromatic amines is 1. The van der Waals surface area contributed by atoms with Crippen LogP contribution in [0.3, 0.4) is 0 Å². The molecule has 0 saturated carbocycles. The Labute approximate surface area is 126 Å². The highest BCUT2D eigenvalue weighted by Crippen LogP contribution is 2.29. The molecule has 22 heavy (non-hydrogen) atoms. The van der Waals surface area contributed by atoms with Gasteiger partial charge in [0.1, 0.15) is 17.9 Å². The van der Waals surface area contributed by atoms with Crippen LogP contribution in [0.5, 0.6) is 5.75 Å². The van der Waals surface area contributed by atoms with Gasteiger partial charge >= 0.3 is 6.36 Å². The van der Waals surface area contributed by atoms with E-state index in [2.05, 4.69) is 30.0 Å². The van der Waals surface area contributed by atoms with Crippen molar-refractivity contribution in [3.05, 3.63) is 35.9 Å². The van der Waals surface area contributed by atoms with Gasteiger partial charge in [-0.05, 0) is 35.9 Å². The average Bonchev–Trinajstić information content (AvgIpc) is 2.87. The number of hydrogen-bond donors (Lipinski definition) is 2. The van der Waals surface area contributed by atoms with Gasteiger partial charge in [0.25, 0.3) is 0 Å². The molecule has 3 rings (SSSR count). The van der Waals surface area contributed by atoms with E-state index in [9.17, 15) is 13.2 Å². The molecule has 2 N–H and O–H groups in total. The number of H-pyrrole nitrogens is 1. The third-order valence-corrected chi connectivity index (χ3v) is 2.78. The molecule has 0 bridgehead atoms. The molecule has 6 nitrogen and oxygen atoms in total. The Morgan fingerprint density at radius 2 is 1.86 bits per heavy atom. The van der Waals surface area contributed by atoms with Gasteiger partial charge in [-0.15, -0.1) is 13.2 Å². The smallest absolute Gasteiger partial charge is 0.406 e. The zero-order chi connectivity index (χ0) is 15.7. The molecule has 0 radical (unpaired) electrons. The zero-order valence-electron chi connectivity index (χ0n) is 10.6. The molecule has 10 heteroatoms. The molecule has 0 fully saturated rings. The minimum absolute atomic E-state index is 0.104. The second-order valence-electron chi connectivity index (χ2n) is 4.15. The monoisotopic (exact) mass is 329 g/mol. The maximum atomic E-state index is 12.1. The summed E-state index contributed by atoms with van der Waals surface area (Å²) in [5.41, 5.74) is 0.970. The number of nitrogens with one attached hydrogen (secondary N) is 2. The quantitative estimate of drug-likeness (QED) is 0.718. The summed E-state index contributed by atoms with van der Waals surface area (Å²) in [6.45, 7) is 0. The molecule has 0 aromatic heterocycles. The third-order valence-electron chi connectivity index (χ3n) is 2.60. The molecular formula is C12H7ClF3N5O. The molecule has 114 valence electrons. The minimum atomic E-state index is -4.72. The summed E-state index contributed by atoms with van der Waals surface area (Å²) in [5, 5.41) is 3.05. The van der Waals surface area contributed by atoms with Crippen molar-refractivity contribution in [2.24, 2.45) is 0 Å². The SMILES string of the molecule is FC(F)(F)Oc1ccc(Nc2[nH]c(Cl)nc3ncnc2-3)cc1. The van der Waals surface area contributed by atoms with Crippen molar-refractivity contribution in [1.29, 1.82) is 0 Å². The predicted octanol–water partition coefficient (Wildman–Crippen LogP) is 3.60. The Hall–Kier alpha value is -2.55. The number of hydrogen-bond acceptors (Lipinski definition) is 5. The topological polar surface area (TPSA) is 75.7 Å². The number of alkyl halides is 3. The van der Waals surface area contributed by atoms with E-state index >= 15 is 0 Å². The van der Waals surface area contributed by atoms with Gasteiger partial charge in [-0.2, -0.15) is 4.98 Å². The Kier molecular flexibility index (Phi) is 3.49. The Balaban J connectivity index is 1.82. The number of benzene rings is 1. The highest BCUT2D eigenvalue weighted by Gasteiger charge is 2.30. The van der Waals surface area contributed by atoms with E-state index in [0.29, 0.717) is 23.0 Å². The second kappa shape index (κ2) is 5.34. The van der Waals surface area contributed by atoms with Crippen LogP contribution in [0, 0.1) is 0 Å². The summed E-state index contributed by atoms with van der Waals surface area (Å²) in [6, 6.07) is 5.22. The lowest BCUT2D eigenvalue weighted by molar-refractivity contribution is -0.274. The van der Waals surface area contributed by atoms with Crippen molar-refractivity contribution >= 4 is 23.1 Å². The van der Waals surface area contributed by atoms with Crippen LogP contribution in [0.25, 0.3) is 11.5 Å². The van der Waals surface area contributed by atoms with E-state index in [4.69, 9.17) is 11.6 Å². The molecule has 0 saturated heterocycles. The molecule has 0 spiro atoms. The highest BCUT2D eigenvalue weighted by atomic mass is 35.5. The fourth-order valence-corrected chi connectivity index (χ4v) is 1.95. The van der Waals surface area contributed by atoms with Crippen LogP contribution >= 0.6 is 11.6 Å². The van der Waals surface area contributed by atoms with Crippen molar-refractivity contribution in [2.75, 3.05) is 5.32 Å². The lowest BCUT2D eigenvalue weighted by atomic mass is 10.3. The molecule has 0 aliphatic carbocycles. The van der Waals surface area contributed by atoms with E-state index in [1.165, 1.54) is 30.6 Å². The van der Waals surface area contributed by atoms with Crippen LogP contribution in [0.1, 0.15) is 0 Å². The molecule has 0 unspecified atom stereocenters. The molecule has 1 aromatic carbocycles. The largest absolute Gasteiger partial charge is 0.573 e. The van der Waals surface area contributed by atoms with Crippen LogP contribution in [-0.2, 0) is 0 Å². The molecule has 2 heterocycles. The van der Waals surface area contributed by atoms with Gasteiger partial charge in [0.05, 0.1) is 0 Å². The van der Waals surface area contributed by atoms with Crippen molar-refractivity contribution < 1.29 is 17.9 Å². The van der Waals surface area contributed by atoms with Crippen LogP contribution in [-0.4, -0.2) is 26.3 Å². The first kappa shape index (κ1) is 14.4. The zero-order valence-corrected chi connectivity index (χ0v) is 11.4. The number of fused-ring (bicyclic) bond motifs is 1. The van der Waals surface area contributed by atoms with Gasteiger partial charge in [0.2, 0.25) is 5.28 Å². The fraction of sp³-hybridized carbons (Fsp3) is 0.0833. The van der Waals surface area contributed by atoms with Crippen LogP contribution < -0.4 is 10.1 Å². The lowest BCUT2D eigenvalue weighted by Gasteiger charge is -2.11. The number of ether oxygens (including phenoxy) is 1. The average molecular weight is 330 g/mol. The minimum Gasteiger partial charge on any atom is -0.406 e. The number of nitrogens with zero attached hydrogens (tertiary/aromatic N) is 3. The number of aromatic nitrogens is 4. The van der Waals surface area contributed by atoms with E-state index < -0.39 is 6.36 Å². The molecule has 1 aromatic rings. The predicted molar refractivity (Wildman–Crippen MR) is 72.2 cm³/mol. The van der Waals surface area contributed by atoms with Crippen molar-refractivity contribution in [3.8, 4) is 17.3 Å². The van der Waals surface area contributed by atoms with Crippen LogP contribution in [0.2, 0.25) is 5.28 Å². The van der Waals surface area contributed by atoms with Crippen LogP contribution in [0.4, 0.5) is 24.7 Å².